The molecule has 0 saturated carbocycles. The van der Waals surface area contributed by atoms with Gasteiger partial charge in [-0.25, -0.2) is 8.78 Å². The first-order valence-electron chi connectivity index (χ1n) is 6.46. The Morgan fingerprint density at radius 3 is 2.29 bits per heavy atom. The number of nitrogens with zero attached hydrogens (tertiary/aromatic N) is 3. The molecular weight excluding hydrogens is 280 g/mol. The van der Waals surface area contributed by atoms with E-state index < -0.39 is 11.6 Å². The number of ether oxygens (including phenoxy) is 1. The van der Waals surface area contributed by atoms with Gasteiger partial charge in [0.05, 0.1) is 6.61 Å². The summed E-state index contributed by atoms with van der Waals surface area (Å²) in [5.74, 6) is -0.934. The van der Waals surface area contributed by atoms with Crippen LogP contribution in [0.4, 0.5) is 26.4 Å². The zero-order valence-electron chi connectivity index (χ0n) is 11.7. The Balaban J connectivity index is 2.28. The van der Waals surface area contributed by atoms with Crippen LogP contribution in [-0.4, -0.2) is 28.1 Å². The third-order valence-electron chi connectivity index (χ3n) is 2.34. The van der Waals surface area contributed by atoms with E-state index in [1.165, 1.54) is 0 Å². The van der Waals surface area contributed by atoms with Gasteiger partial charge < -0.3 is 15.4 Å². The molecule has 0 amide bonds. The molecule has 112 valence electrons. The van der Waals surface area contributed by atoms with Crippen molar-refractivity contribution in [1.82, 2.24) is 15.0 Å². The van der Waals surface area contributed by atoms with E-state index >= 15 is 0 Å². The van der Waals surface area contributed by atoms with Crippen LogP contribution >= 0.6 is 0 Å². The topological polar surface area (TPSA) is 72.0 Å². The van der Waals surface area contributed by atoms with Gasteiger partial charge in [-0.15, -0.1) is 0 Å². The molecule has 0 unspecified atom stereocenters. The zero-order chi connectivity index (χ0) is 15.2. The molecule has 0 aliphatic heterocycles. The van der Waals surface area contributed by atoms with Crippen molar-refractivity contribution in [3.63, 3.8) is 0 Å². The molecule has 0 radical (unpaired) electrons. The zero-order valence-corrected chi connectivity index (χ0v) is 11.7. The molecular formula is C13H15F2N5O. The van der Waals surface area contributed by atoms with Crippen molar-refractivity contribution < 1.29 is 13.5 Å². The van der Waals surface area contributed by atoms with Crippen LogP contribution in [0.5, 0.6) is 6.01 Å². The lowest BCUT2D eigenvalue weighted by atomic mass is 10.3. The summed E-state index contributed by atoms with van der Waals surface area (Å²) in [4.78, 5) is 12.2. The summed E-state index contributed by atoms with van der Waals surface area (Å²) >= 11 is 0. The summed E-state index contributed by atoms with van der Waals surface area (Å²) in [7, 11) is 0. The Morgan fingerprint density at radius 2 is 1.67 bits per heavy atom. The molecule has 2 N–H and O–H groups in total. The van der Waals surface area contributed by atoms with Crippen molar-refractivity contribution in [1.29, 1.82) is 0 Å². The molecule has 0 spiro atoms. The Kier molecular flexibility index (Phi) is 4.81. The highest BCUT2D eigenvalue weighted by atomic mass is 19.1. The van der Waals surface area contributed by atoms with Crippen LogP contribution in [0.1, 0.15) is 13.8 Å². The molecule has 0 atom stereocenters. The summed E-state index contributed by atoms with van der Waals surface area (Å²) in [5.41, 5.74) is 0.198. The van der Waals surface area contributed by atoms with Crippen molar-refractivity contribution in [2.45, 2.75) is 13.8 Å². The molecule has 0 aliphatic carbocycles. The fourth-order valence-electron chi connectivity index (χ4n) is 1.60. The molecule has 0 fully saturated rings. The average molecular weight is 295 g/mol. The predicted octanol–water partition coefficient (Wildman–Crippen LogP) is 2.72. The number of nitrogens with one attached hydrogen (secondary N) is 2. The molecule has 1 aromatic carbocycles. The maximum absolute atomic E-state index is 13.2. The lowest BCUT2D eigenvalue weighted by Crippen LogP contribution is -2.09. The summed E-state index contributed by atoms with van der Waals surface area (Å²) in [5, 5.41) is 5.65. The minimum atomic E-state index is -0.691. The molecule has 0 aliphatic rings. The van der Waals surface area contributed by atoms with Gasteiger partial charge in [-0.1, -0.05) is 0 Å². The van der Waals surface area contributed by atoms with Crippen LogP contribution in [0.25, 0.3) is 0 Å². The fourth-order valence-corrected chi connectivity index (χ4v) is 1.60. The molecule has 6 nitrogen and oxygen atoms in total. The van der Waals surface area contributed by atoms with E-state index in [0.29, 0.717) is 19.1 Å². The highest BCUT2D eigenvalue weighted by Gasteiger charge is 2.08. The third-order valence-corrected chi connectivity index (χ3v) is 2.34. The Bertz CT molecular complexity index is 579. The highest BCUT2D eigenvalue weighted by molar-refractivity contribution is 5.54. The SMILES string of the molecule is CCNc1nc(Nc2cc(F)cc(F)c2)nc(OCC)n1. The van der Waals surface area contributed by atoms with Gasteiger partial charge in [-0.2, -0.15) is 15.0 Å². The van der Waals surface area contributed by atoms with Crippen LogP contribution in [-0.2, 0) is 0 Å². The number of halogens is 2. The fraction of sp³-hybridized carbons (Fsp3) is 0.308. The quantitative estimate of drug-likeness (QED) is 0.853. The van der Waals surface area contributed by atoms with E-state index in [4.69, 9.17) is 4.74 Å². The van der Waals surface area contributed by atoms with E-state index in [-0.39, 0.29) is 17.6 Å². The standard InChI is InChI=1S/C13H15F2N5O/c1-3-16-11-18-12(20-13(19-11)21-4-2)17-10-6-8(14)5-9(15)7-10/h5-7H,3-4H2,1-2H3,(H2,16,17,18,19,20). The lowest BCUT2D eigenvalue weighted by Gasteiger charge is -2.09. The maximum Gasteiger partial charge on any atom is 0.323 e. The van der Waals surface area contributed by atoms with Gasteiger partial charge in [-0.3, -0.25) is 0 Å². The first-order chi connectivity index (χ1) is 10.1. The Hall–Kier alpha value is -2.51. The first kappa shape index (κ1) is 14.9. The normalized spacial score (nSPS) is 10.3. The number of benzene rings is 1. The van der Waals surface area contributed by atoms with Crippen molar-refractivity contribution >= 4 is 17.6 Å². The average Bonchev–Trinajstić information content (AvgIpc) is 2.37. The molecule has 0 saturated heterocycles. The van der Waals surface area contributed by atoms with Crippen LogP contribution in [0.3, 0.4) is 0 Å². The van der Waals surface area contributed by atoms with Crippen molar-refractivity contribution in [3.05, 3.63) is 29.8 Å². The molecule has 2 aromatic rings. The van der Waals surface area contributed by atoms with Gasteiger partial charge in [0.25, 0.3) is 0 Å². The highest BCUT2D eigenvalue weighted by Crippen LogP contribution is 2.18. The predicted molar refractivity (Wildman–Crippen MR) is 74.8 cm³/mol. The molecule has 1 aromatic heterocycles. The molecule has 0 bridgehead atoms. The van der Waals surface area contributed by atoms with E-state index in [1.807, 2.05) is 6.92 Å². The molecule has 8 heteroatoms. The van der Waals surface area contributed by atoms with Crippen molar-refractivity contribution in [2.24, 2.45) is 0 Å². The minimum Gasteiger partial charge on any atom is -0.464 e. The second-order valence-electron chi connectivity index (χ2n) is 4.01. The maximum atomic E-state index is 13.2. The molecule has 1 heterocycles. The van der Waals surface area contributed by atoms with Crippen molar-refractivity contribution in [2.75, 3.05) is 23.8 Å². The van der Waals surface area contributed by atoms with Gasteiger partial charge in [0.1, 0.15) is 11.6 Å². The van der Waals surface area contributed by atoms with E-state index in [1.54, 1.807) is 6.92 Å². The molecule has 21 heavy (non-hydrogen) atoms. The Morgan fingerprint density at radius 1 is 1.00 bits per heavy atom. The largest absolute Gasteiger partial charge is 0.464 e. The van der Waals surface area contributed by atoms with Gasteiger partial charge in [-0.05, 0) is 26.0 Å². The number of anilines is 3. The van der Waals surface area contributed by atoms with Gasteiger partial charge in [0.15, 0.2) is 0 Å². The summed E-state index contributed by atoms with van der Waals surface area (Å²) in [6.07, 6.45) is 0. The van der Waals surface area contributed by atoms with E-state index in [2.05, 4.69) is 25.6 Å². The smallest absolute Gasteiger partial charge is 0.323 e. The number of aromatic nitrogens is 3. The van der Waals surface area contributed by atoms with E-state index in [0.717, 1.165) is 18.2 Å². The first-order valence-corrected chi connectivity index (χ1v) is 6.46. The second-order valence-corrected chi connectivity index (χ2v) is 4.01. The van der Waals surface area contributed by atoms with Crippen LogP contribution < -0.4 is 15.4 Å². The van der Waals surface area contributed by atoms with Crippen LogP contribution in [0, 0.1) is 11.6 Å². The summed E-state index contributed by atoms with van der Waals surface area (Å²) in [6.45, 7) is 4.69. The van der Waals surface area contributed by atoms with Crippen molar-refractivity contribution in [3.8, 4) is 6.01 Å². The third kappa shape index (κ3) is 4.23. The van der Waals surface area contributed by atoms with Gasteiger partial charge in [0.2, 0.25) is 11.9 Å². The van der Waals surface area contributed by atoms with Gasteiger partial charge >= 0.3 is 6.01 Å². The molecule has 2 rings (SSSR count). The van der Waals surface area contributed by atoms with Crippen LogP contribution in [0.15, 0.2) is 18.2 Å². The minimum absolute atomic E-state index is 0.128. The summed E-state index contributed by atoms with van der Waals surface area (Å²) in [6, 6.07) is 3.19. The van der Waals surface area contributed by atoms with Gasteiger partial charge in [0, 0.05) is 18.3 Å². The number of rotatable bonds is 6. The Labute approximate surface area is 120 Å². The monoisotopic (exact) mass is 295 g/mol. The van der Waals surface area contributed by atoms with E-state index in [9.17, 15) is 8.78 Å². The summed E-state index contributed by atoms with van der Waals surface area (Å²) < 4.78 is 31.5. The lowest BCUT2D eigenvalue weighted by molar-refractivity contribution is 0.312. The number of hydrogen-bond donors (Lipinski definition) is 2. The van der Waals surface area contributed by atoms with Crippen LogP contribution in [0.2, 0.25) is 0 Å². The number of hydrogen-bond acceptors (Lipinski definition) is 6. The second kappa shape index (κ2) is 6.78.